The molecule has 0 saturated carbocycles. The molecule has 3 heterocycles. The molecule has 140 valence electrons. The van der Waals surface area contributed by atoms with E-state index in [0.29, 0.717) is 23.2 Å². The molecule has 0 spiro atoms. The Hall–Kier alpha value is -2.74. The van der Waals surface area contributed by atoms with Crippen molar-refractivity contribution in [3.63, 3.8) is 0 Å². The Labute approximate surface area is 160 Å². The van der Waals surface area contributed by atoms with Crippen molar-refractivity contribution < 1.29 is 4.79 Å². The molecule has 0 fully saturated rings. The van der Waals surface area contributed by atoms with E-state index in [-0.39, 0.29) is 11.5 Å². The monoisotopic (exact) mass is 383 g/mol. The van der Waals surface area contributed by atoms with Gasteiger partial charge in [0.2, 0.25) is 16.0 Å². The molecule has 27 heavy (non-hydrogen) atoms. The molecule has 0 saturated heterocycles. The first-order valence-corrected chi connectivity index (χ1v) is 9.88. The second kappa shape index (κ2) is 7.11. The summed E-state index contributed by atoms with van der Waals surface area (Å²) in [5, 5.41) is 7.93. The summed E-state index contributed by atoms with van der Waals surface area (Å²) in [5.74, 6) is 0.0115. The van der Waals surface area contributed by atoms with Gasteiger partial charge in [-0.05, 0) is 24.5 Å². The van der Waals surface area contributed by atoms with Crippen LogP contribution in [0.4, 0.5) is 5.13 Å². The van der Waals surface area contributed by atoms with Crippen LogP contribution in [0.15, 0.2) is 35.1 Å². The fourth-order valence-corrected chi connectivity index (χ4v) is 4.22. The zero-order chi connectivity index (χ0) is 19.0. The van der Waals surface area contributed by atoms with E-state index in [2.05, 4.69) is 27.5 Å². The zero-order valence-electron chi connectivity index (χ0n) is 15.3. The van der Waals surface area contributed by atoms with E-state index in [1.54, 1.807) is 0 Å². The average molecular weight is 383 g/mol. The van der Waals surface area contributed by atoms with Gasteiger partial charge in [0.1, 0.15) is 6.04 Å². The van der Waals surface area contributed by atoms with Crippen LogP contribution in [0.2, 0.25) is 0 Å². The van der Waals surface area contributed by atoms with Crippen LogP contribution in [-0.2, 0) is 24.3 Å². The summed E-state index contributed by atoms with van der Waals surface area (Å²) in [5.41, 5.74) is 2.97. The highest BCUT2D eigenvalue weighted by molar-refractivity contribution is 7.20. The Morgan fingerprint density at radius 3 is 2.67 bits per heavy atom. The van der Waals surface area contributed by atoms with Crippen molar-refractivity contribution in [1.82, 2.24) is 19.5 Å². The maximum atomic E-state index is 12.8. The van der Waals surface area contributed by atoms with E-state index in [4.69, 9.17) is 0 Å². The van der Waals surface area contributed by atoms with Gasteiger partial charge in [0.15, 0.2) is 0 Å². The first-order valence-electron chi connectivity index (χ1n) is 9.07. The summed E-state index contributed by atoms with van der Waals surface area (Å²) in [4.78, 5) is 31.9. The first-order chi connectivity index (χ1) is 13.0. The van der Waals surface area contributed by atoms with Crippen molar-refractivity contribution in [3.05, 3.63) is 57.5 Å². The minimum Gasteiger partial charge on any atom is -0.349 e. The van der Waals surface area contributed by atoms with Crippen LogP contribution in [0.5, 0.6) is 0 Å². The number of fused-ring (bicyclic) bond motifs is 2. The number of hydrogen-bond acceptors (Lipinski definition) is 6. The van der Waals surface area contributed by atoms with Gasteiger partial charge in [-0.2, -0.15) is 4.52 Å². The fourth-order valence-electron chi connectivity index (χ4n) is 3.31. The SMILES string of the molecule is CCCc1cc(=O)n2nc(N[C@H](C)C(=O)N3Cc4ccccc4C3)sc2n1. The van der Waals surface area contributed by atoms with Crippen LogP contribution in [0.3, 0.4) is 0 Å². The molecular formula is C19H21N5O2S. The molecule has 1 aromatic carbocycles. The van der Waals surface area contributed by atoms with Crippen molar-refractivity contribution in [2.45, 2.75) is 45.8 Å². The van der Waals surface area contributed by atoms with Crippen LogP contribution < -0.4 is 10.9 Å². The van der Waals surface area contributed by atoms with Gasteiger partial charge in [-0.15, -0.1) is 5.10 Å². The van der Waals surface area contributed by atoms with Crippen molar-refractivity contribution in [3.8, 4) is 0 Å². The lowest BCUT2D eigenvalue weighted by atomic mass is 10.1. The van der Waals surface area contributed by atoms with Crippen LogP contribution >= 0.6 is 11.3 Å². The molecule has 3 aromatic rings. The molecule has 1 aliphatic heterocycles. The summed E-state index contributed by atoms with van der Waals surface area (Å²) >= 11 is 1.29. The van der Waals surface area contributed by atoms with E-state index in [1.807, 2.05) is 30.9 Å². The summed E-state index contributed by atoms with van der Waals surface area (Å²) in [6.07, 6.45) is 1.69. The number of carbonyl (C=O) groups excluding carboxylic acids is 1. The molecule has 1 atom stereocenters. The fraction of sp³-hybridized carbons (Fsp3) is 0.368. The van der Waals surface area contributed by atoms with Gasteiger partial charge < -0.3 is 10.2 Å². The molecule has 0 bridgehead atoms. The molecule has 7 nitrogen and oxygen atoms in total. The highest BCUT2D eigenvalue weighted by Gasteiger charge is 2.27. The molecule has 1 aliphatic rings. The molecule has 0 aliphatic carbocycles. The summed E-state index contributed by atoms with van der Waals surface area (Å²) in [6.45, 7) is 5.12. The average Bonchev–Trinajstić information content (AvgIpc) is 3.25. The number of aromatic nitrogens is 3. The second-order valence-electron chi connectivity index (χ2n) is 6.77. The number of hydrogen-bond donors (Lipinski definition) is 1. The zero-order valence-corrected chi connectivity index (χ0v) is 16.1. The van der Waals surface area contributed by atoms with E-state index in [1.165, 1.54) is 33.0 Å². The lowest BCUT2D eigenvalue weighted by molar-refractivity contribution is -0.132. The molecule has 0 radical (unpaired) electrons. The smallest absolute Gasteiger partial charge is 0.275 e. The van der Waals surface area contributed by atoms with Crippen molar-refractivity contribution >= 4 is 27.3 Å². The van der Waals surface area contributed by atoms with Gasteiger partial charge in [0, 0.05) is 24.8 Å². The Balaban J connectivity index is 1.49. The molecule has 0 unspecified atom stereocenters. The molecule has 2 aromatic heterocycles. The summed E-state index contributed by atoms with van der Waals surface area (Å²) in [7, 11) is 0. The van der Waals surface area contributed by atoms with Gasteiger partial charge in [-0.25, -0.2) is 4.98 Å². The molecule has 8 heteroatoms. The van der Waals surface area contributed by atoms with E-state index < -0.39 is 6.04 Å². The van der Waals surface area contributed by atoms with E-state index in [0.717, 1.165) is 18.5 Å². The maximum Gasteiger partial charge on any atom is 0.275 e. The molecule has 1 N–H and O–H groups in total. The molecule has 4 rings (SSSR count). The summed E-state index contributed by atoms with van der Waals surface area (Å²) < 4.78 is 1.29. The number of benzene rings is 1. The topological polar surface area (TPSA) is 79.6 Å². The van der Waals surface area contributed by atoms with E-state index in [9.17, 15) is 9.59 Å². The van der Waals surface area contributed by atoms with Crippen molar-refractivity contribution in [1.29, 1.82) is 0 Å². The van der Waals surface area contributed by atoms with Gasteiger partial charge in [0.25, 0.3) is 5.56 Å². The number of rotatable bonds is 5. The largest absolute Gasteiger partial charge is 0.349 e. The Bertz CT molecular complexity index is 1030. The Morgan fingerprint density at radius 1 is 1.30 bits per heavy atom. The minimum atomic E-state index is -0.439. The third kappa shape index (κ3) is 3.44. The molecule has 1 amide bonds. The predicted molar refractivity (Wildman–Crippen MR) is 105 cm³/mol. The quantitative estimate of drug-likeness (QED) is 0.732. The van der Waals surface area contributed by atoms with E-state index >= 15 is 0 Å². The predicted octanol–water partition coefficient (Wildman–Crippen LogP) is 2.45. The van der Waals surface area contributed by atoms with Gasteiger partial charge >= 0.3 is 0 Å². The third-order valence-corrected chi connectivity index (χ3v) is 5.51. The normalized spacial score (nSPS) is 14.4. The lowest BCUT2D eigenvalue weighted by Crippen LogP contribution is -2.38. The van der Waals surface area contributed by atoms with Crippen molar-refractivity contribution in [2.24, 2.45) is 0 Å². The first kappa shape index (κ1) is 17.7. The Morgan fingerprint density at radius 2 is 2.00 bits per heavy atom. The minimum absolute atomic E-state index is 0.0115. The Kier molecular flexibility index (Phi) is 4.65. The lowest BCUT2D eigenvalue weighted by Gasteiger charge is -2.20. The van der Waals surface area contributed by atoms with Crippen LogP contribution in [0, 0.1) is 0 Å². The third-order valence-electron chi connectivity index (χ3n) is 4.67. The van der Waals surface area contributed by atoms with Gasteiger partial charge in [-0.1, -0.05) is 48.9 Å². The standard InChI is InChI=1S/C19H21N5O2S/c1-3-6-15-9-16(25)24-19(21-15)27-18(22-24)20-12(2)17(26)23-10-13-7-4-5-8-14(13)11-23/h4-5,7-9,12H,3,6,10-11H2,1-2H3,(H,20,22)/t12-/m1/s1. The number of amides is 1. The highest BCUT2D eigenvalue weighted by Crippen LogP contribution is 2.24. The second-order valence-corrected chi connectivity index (χ2v) is 7.72. The number of aryl methyl sites for hydroxylation is 1. The number of nitrogens with one attached hydrogen (secondary N) is 1. The number of carbonyl (C=O) groups is 1. The van der Waals surface area contributed by atoms with Crippen LogP contribution in [0.1, 0.15) is 37.1 Å². The maximum absolute atomic E-state index is 12.8. The summed E-state index contributed by atoms with van der Waals surface area (Å²) in [6, 6.07) is 9.18. The number of anilines is 1. The van der Waals surface area contributed by atoms with Crippen LogP contribution in [-0.4, -0.2) is 31.4 Å². The van der Waals surface area contributed by atoms with Gasteiger partial charge in [-0.3, -0.25) is 9.59 Å². The van der Waals surface area contributed by atoms with Crippen LogP contribution in [0.25, 0.3) is 4.96 Å². The van der Waals surface area contributed by atoms with Gasteiger partial charge in [0.05, 0.1) is 0 Å². The molecular weight excluding hydrogens is 362 g/mol. The number of nitrogens with zero attached hydrogens (tertiary/aromatic N) is 4. The highest BCUT2D eigenvalue weighted by atomic mass is 32.1. The van der Waals surface area contributed by atoms with Crippen molar-refractivity contribution in [2.75, 3.05) is 5.32 Å².